The lowest BCUT2D eigenvalue weighted by Gasteiger charge is -2.06. The fraction of sp³-hybridized carbons (Fsp3) is 0.0625. The maximum atomic E-state index is 12.9. The minimum atomic E-state index is -3.89. The lowest BCUT2D eigenvalue weighted by atomic mass is 10.2. The van der Waals surface area contributed by atoms with Gasteiger partial charge in [-0.25, -0.2) is 12.8 Å². The SMILES string of the molecule is O=S(=O)(Nc1nn(Cc2ccccc2)cc1Cl)c1ccc(F)cc1. The van der Waals surface area contributed by atoms with Gasteiger partial charge in [-0.2, -0.15) is 5.10 Å². The first-order chi connectivity index (χ1) is 11.4. The molecule has 124 valence electrons. The third-order valence-electron chi connectivity index (χ3n) is 3.26. The summed E-state index contributed by atoms with van der Waals surface area (Å²) in [5.74, 6) is -0.490. The van der Waals surface area contributed by atoms with E-state index >= 15 is 0 Å². The van der Waals surface area contributed by atoms with E-state index in [1.54, 1.807) is 4.68 Å². The largest absolute Gasteiger partial charge is 0.265 e. The second-order valence-corrected chi connectivity index (χ2v) is 7.16. The van der Waals surface area contributed by atoms with Gasteiger partial charge >= 0.3 is 0 Å². The highest BCUT2D eigenvalue weighted by atomic mass is 35.5. The quantitative estimate of drug-likeness (QED) is 0.752. The Hall–Kier alpha value is -2.38. The van der Waals surface area contributed by atoms with Crippen LogP contribution in [0.1, 0.15) is 5.56 Å². The van der Waals surface area contributed by atoms with E-state index in [0.29, 0.717) is 6.54 Å². The van der Waals surface area contributed by atoms with Crippen molar-refractivity contribution in [3.8, 4) is 0 Å². The molecule has 0 radical (unpaired) electrons. The lowest BCUT2D eigenvalue weighted by molar-refractivity contribution is 0.599. The van der Waals surface area contributed by atoms with Crippen LogP contribution in [0.15, 0.2) is 65.7 Å². The Morgan fingerprint density at radius 2 is 1.75 bits per heavy atom. The van der Waals surface area contributed by atoms with Gasteiger partial charge in [-0.3, -0.25) is 9.40 Å². The maximum Gasteiger partial charge on any atom is 0.263 e. The van der Waals surface area contributed by atoms with Crippen LogP contribution in [0.5, 0.6) is 0 Å². The van der Waals surface area contributed by atoms with Gasteiger partial charge in [0.1, 0.15) is 10.8 Å². The summed E-state index contributed by atoms with van der Waals surface area (Å²) in [7, 11) is -3.89. The summed E-state index contributed by atoms with van der Waals surface area (Å²) in [6, 6.07) is 14.1. The summed E-state index contributed by atoms with van der Waals surface area (Å²) in [4.78, 5) is -0.0717. The van der Waals surface area contributed by atoms with E-state index in [1.807, 2.05) is 30.3 Å². The molecular formula is C16H13ClFN3O2S. The van der Waals surface area contributed by atoms with E-state index in [0.717, 1.165) is 17.7 Å². The summed E-state index contributed by atoms with van der Waals surface area (Å²) in [6.45, 7) is 0.457. The third kappa shape index (κ3) is 3.74. The van der Waals surface area contributed by atoms with Gasteiger partial charge < -0.3 is 0 Å². The number of hydrogen-bond donors (Lipinski definition) is 1. The average Bonchev–Trinajstić information content (AvgIpc) is 2.87. The topological polar surface area (TPSA) is 64.0 Å². The van der Waals surface area contributed by atoms with Crippen molar-refractivity contribution in [1.82, 2.24) is 9.78 Å². The second kappa shape index (κ2) is 6.62. The summed E-state index contributed by atoms with van der Waals surface area (Å²) in [5, 5.41) is 4.33. The van der Waals surface area contributed by atoms with Gasteiger partial charge in [0.25, 0.3) is 10.0 Å². The van der Waals surface area contributed by atoms with Crippen molar-refractivity contribution >= 4 is 27.4 Å². The van der Waals surface area contributed by atoms with Gasteiger partial charge in [-0.15, -0.1) is 0 Å². The molecule has 0 aliphatic carbocycles. The van der Waals surface area contributed by atoms with Crippen molar-refractivity contribution in [2.45, 2.75) is 11.4 Å². The summed E-state index contributed by atoms with van der Waals surface area (Å²) < 4.78 is 41.4. The zero-order chi connectivity index (χ0) is 17.2. The second-order valence-electron chi connectivity index (χ2n) is 5.07. The van der Waals surface area contributed by atoms with Gasteiger partial charge in [0.15, 0.2) is 5.82 Å². The van der Waals surface area contributed by atoms with Crippen LogP contribution >= 0.6 is 11.6 Å². The first kappa shape index (κ1) is 16.5. The fourth-order valence-corrected chi connectivity index (χ4v) is 3.39. The molecule has 0 fully saturated rings. The van der Waals surface area contributed by atoms with Crippen LogP contribution in [0.25, 0.3) is 0 Å². The van der Waals surface area contributed by atoms with E-state index in [4.69, 9.17) is 11.6 Å². The number of aromatic nitrogens is 2. The molecule has 3 aromatic rings. The highest BCUT2D eigenvalue weighted by Crippen LogP contribution is 2.23. The van der Waals surface area contributed by atoms with Crippen LogP contribution in [-0.4, -0.2) is 18.2 Å². The predicted molar refractivity (Wildman–Crippen MR) is 90.0 cm³/mol. The number of nitrogens with one attached hydrogen (secondary N) is 1. The number of anilines is 1. The van der Waals surface area contributed by atoms with Crippen molar-refractivity contribution in [3.05, 3.63) is 77.2 Å². The Labute approximate surface area is 143 Å². The Morgan fingerprint density at radius 1 is 1.08 bits per heavy atom. The van der Waals surface area contributed by atoms with Crippen molar-refractivity contribution in [1.29, 1.82) is 0 Å². The molecule has 0 bridgehead atoms. The van der Waals surface area contributed by atoms with Gasteiger partial charge in [-0.05, 0) is 29.8 Å². The molecule has 0 spiro atoms. The number of hydrogen-bond acceptors (Lipinski definition) is 3. The van der Waals surface area contributed by atoms with Crippen LogP contribution in [0.4, 0.5) is 10.2 Å². The smallest absolute Gasteiger partial charge is 0.263 e. The number of halogens is 2. The maximum absolute atomic E-state index is 12.9. The predicted octanol–water partition coefficient (Wildman–Crippen LogP) is 3.52. The molecule has 2 aromatic carbocycles. The summed E-state index contributed by atoms with van der Waals surface area (Å²) in [5.41, 5.74) is 1.00. The molecule has 1 aromatic heterocycles. The molecule has 0 unspecified atom stereocenters. The standard InChI is InChI=1S/C16H13ClFN3O2S/c17-15-11-21(10-12-4-2-1-3-5-12)19-16(15)20-24(22,23)14-8-6-13(18)7-9-14/h1-9,11H,10H2,(H,19,20). The van der Waals surface area contributed by atoms with Crippen molar-refractivity contribution in [2.75, 3.05) is 4.72 Å². The van der Waals surface area contributed by atoms with Crippen molar-refractivity contribution < 1.29 is 12.8 Å². The molecule has 0 saturated carbocycles. The van der Waals surface area contributed by atoms with Crippen LogP contribution in [0.3, 0.4) is 0 Å². The molecule has 24 heavy (non-hydrogen) atoms. The van der Waals surface area contributed by atoms with Crippen molar-refractivity contribution in [3.63, 3.8) is 0 Å². The van der Waals surface area contributed by atoms with Gasteiger partial charge in [0, 0.05) is 6.20 Å². The number of sulfonamides is 1. The Kier molecular flexibility index (Phi) is 4.55. The normalized spacial score (nSPS) is 11.4. The molecule has 0 aliphatic heterocycles. The number of nitrogens with zero attached hydrogens (tertiary/aromatic N) is 2. The molecule has 1 heterocycles. The van der Waals surface area contributed by atoms with E-state index < -0.39 is 15.8 Å². The van der Waals surface area contributed by atoms with E-state index in [9.17, 15) is 12.8 Å². The van der Waals surface area contributed by atoms with E-state index in [2.05, 4.69) is 9.82 Å². The molecule has 0 aliphatic rings. The Morgan fingerprint density at radius 3 is 2.42 bits per heavy atom. The molecule has 3 rings (SSSR count). The first-order valence-electron chi connectivity index (χ1n) is 6.99. The monoisotopic (exact) mass is 365 g/mol. The Balaban J connectivity index is 1.81. The van der Waals surface area contributed by atoms with Gasteiger partial charge in [-0.1, -0.05) is 41.9 Å². The first-order valence-corrected chi connectivity index (χ1v) is 8.85. The van der Waals surface area contributed by atoms with Crippen LogP contribution in [0.2, 0.25) is 5.02 Å². The highest BCUT2D eigenvalue weighted by Gasteiger charge is 2.18. The average molecular weight is 366 g/mol. The molecule has 1 N–H and O–H groups in total. The van der Waals surface area contributed by atoms with Gasteiger partial charge in [0.05, 0.1) is 11.4 Å². The third-order valence-corrected chi connectivity index (χ3v) is 4.89. The Bertz CT molecular complexity index is 941. The number of rotatable bonds is 5. The zero-order valence-corrected chi connectivity index (χ0v) is 13.9. The molecule has 5 nitrogen and oxygen atoms in total. The molecule has 0 amide bonds. The lowest BCUT2D eigenvalue weighted by Crippen LogP contribution is -2.14. The highest BCUT2D eigenvalue weighted by molar-refractivity contribution is 7.92. The zero-order valence-electron chi connectivity index (χ0n) is 12.4. The van der Waals surface area contributed by atoms with Crippen LogP contribution < -0.4 is 4.72 Å². The fourth-order valence-electron chi connectivity index (χ4n) is 2.12. The molecular weight excluding hydrogens is 353 g/mol. The van der Waals surface area contributed by atoms with Gasteiger partial charge in [0.2, 0.25) is 0 Å². The minimum absolute atomic E-state index is 0.0249. The van der Waals surface area contributed by atoms with E-state index in [1.165, 1.54) is 18.3 Å². The molecule has 0 saturated heterocycles. The minimum Gasteiger partial charge on any atom is -0.265 e. The summed E-state index contributed by atoms with van der Waals surface area (Å²) >= 11 is 6.06. The molecule has 8 heteroatoms. The number of benzene rings is 2. The molecule has 0 atom stereocenters. The van der Waals surface area contributed by atoms with Crippen LogP contribution in [-0.2, 0) is 16.6 Å². The van der Waals surface area contributed by atoms with Crippen molar-refractivity contribution in [2.24, 2.45) is 0 Å². The van der Waals surface area contributed by atoms with E-state index in [-0.39, 0.29) is 15.7 Å². The summed E-state index contributed by atoms with van der Waals surface area (Å²) in [6.07, 6.45) is 1.54. The van der Waals surface area contributed by atoms with Crippen LogP contribution in [0, 0.1) is 5.82 Å².